The molecule has 9 heteroatoms. The number of aromatic nitrogens is 2. The first kappa shape index (κ1) is 19.0. The number of hydrogen-bond donors (Lipinski definition) is 2. The highest BCUT2D eigenvalue weighted by Gasteiger charge is 2.19. The molecule has 2 N–H and O–H groups in total. The average Bonchev–Trinajstić information content (AvgIpc) is 2.64. The first-order valence-electron chi connectivity index (χ1n) is 9.04. The summed E-state index contributed by atoms with van der Waals surface area (Å²) in [5.74, 6) is 1.70. The van der Waals surface area contributed by atoms with Crippen LogP contribution in [-0.4, -0.2) is 59.0 Å². The third kappa shape index (κ3) is 4.92. The van der Waals surface area contributed by atoms with Crippen molar-refractivity contribution in [2.75, 3.05) is 61.5 Å². The Kier molecular flexibility index (Phi) is 6.16. The summed E-state index contributed by atoms with van der Waals surface area (Å²) in [5, 5.41) is 7.05. The summed E-state index contributed by atoms with van der Waals surface area (Å²) in [6, 6.07) is 8.39. The van der Waals surface area contributed by atoms with E-state index >= 15 is 0 Å². The van der Waals surface area contributed by atoms with Crippen molar-refractivity contribution in [3.8, 4) is 0 Å². The lowest BCUT2D eigenvalue weighted by atomic mass is 10.1. The molecule has 2 aliphatic heterocycles. The number of nitrogens with one attached hydrogen (secondary N) is 2. The molecule has 2 aliphatic rings. The minimum Gasteiger partial charge on any atom is -0.381 e. The number of anilines is 4. The zero-order valence-electron chi connectivity index (χ0n) is 14.9. The Labute approximate surface area is 177 Å². The van der Waals surface area contributed by atoms with Crippen molar-refractivity contribution in [1.29, 1.82) is 0 Å². The highest BCUT2D eigenvalue weighted by atomic mass is 127. The standard InChI is InChI=1S/C18H22ClIN6O/c19-16-10-22-18(24-17(16)21-9-13-11-27-12-13)23-14-1-3-15(4-2-14)25-5-7-26(20)8-6-25/h1-4,10,13H,5-9,11-12H2,(H2,21,22,23,24). The van der Waals surface area contributed by atoms with E-state index in [9.17, 15) is 0 Å². The van der Waals surface area contributed by atoms with Crippen molar-refractivity contribution < 1.29 is 4.74 Å². The van der Waals surface area contributed by atoms with Gasteiger partial charge in [0.1, 0.15) is 5.02 Å². The Morgan fingerprint density at radius 1 is 1.15 bits per heavy atom. The van der Waals surface area contributed by atoms with Gasteiger partial charge in [0.25, 0.3) is 0 Å². The second kappa shape index (κ2) is 8.76. The lowest BCUT2D eigenvalue weighted by Crippen LogP contribution is -2.42. The molecule has 7 nitrogen and oxygen atoms in total. The second-order valence-electron chi connectivity index (χ2n) is 6.74. The monoisotopic (exact) mass is 500 g/mol. The molecule has 0 saturated carbocycles. The van der Waals surface area contributed by atoms with E-state index in [1.54, 1.807) is 6.20 Å². The van der Waals surface area contributed by atoms with Crippen LogP contribution in [0.5, 0.6) is 0 Å². The zero-order valence-corrected chi connectivity index (χ0v) is 17.8. The molecule has 3 heterocycles. The topological polar surface area (TPSA) is 65.6 Å². The van der Waals surface area contributed by atoms with Gasteiger partial charge >= 0.3 is 0 Å². The Morgan fingerprint density at radius 2 is 1.89 bits per heavy atom. The molecule has 0 aliphatic carbocycles. The fraction of sp³-hybridized carbons (Fsp3) is 0.444. The molecule has 144 valence electrons. The number of nitrogens with zero attached hydrogens (tertiary/aromatic N) is 4. The van der Waals surface area contributed by atoms with Crippen LogP contribution in [0.4, 0.5) is 23.1 Å². The third-order valence-corrected chi connectivity index (χ3v) is 5.96. The van der Waals surface area contributed by atoms with Crippen LogP contribution in [0.15, 0.2) is 30.5 Å². The smallest absolute Gasteiger partial charge is 0.229 e. The highest BCUT2D eigenvalue weighted by Crippen LogP contribution is 2.24. The first-order chi connectivity index (χ1) is 13.2. The molecule has 4 rings (SSSR count). The molecule has 2 fully saturated rings. The Balaban J connectivity index is 1.38. The van der Waals surface area contributed by atoms with Crippen LogP contribution in [0, 0.1) is 5.92 Å². The molecule has 0 bridgehead atoms. The molecule has 2 aromatic rings. The van der Waals surface area contributed by atoms with E-state index in [1.807, 2.05) is 0 Å². The van der Waals surface area contributed by atoms with E-state index in [0.717, 1.165) is 51.6 Å². The summed E-state index contributed by atoms with van der Waals surface area (Å²) in [6.07, 6.45) is 1.62. The lowest BCUT2D eigenvalue weighted by molar-refractivity contribution is -0.0248. The molecule has 1 aromatic heterocycles. The van der Waals surface area contributed by atoms with Gasteiger partial charge in [-0.15, -0.1) is 0 Å². The first-order valence-corrected chi connectivity index (χ1v) is 10.4. The van der Waals surface area contributed by atoms with Crippen LogP contribution in [0.25, 0.3) is 0 Å². The third-order valence-electron chi connectivity index (χ3n) is 4.72. The van der Waals surface area contributed by atoms with Crippen molar-refractivity contribution in [2.24, 2.45) is 5.92 Å². The van der Waals surface area contributed by atoms with Crippen LogP contribution in [0.3, 0.4) is 0 Å². The molecule has 0 spiro atoms. The molecule has 0 unspecified atom stereocenters. The highest BCUT2D eigenvalue weighted by molar-refractivity contribution is 14.1. The van der Waals surface area contributed by atoms with E-state index in [0.29, 0.717) is 22.7 Å². The quantitative estimate of drug-likeness (QED) is 0.465. The van der Waals surface area contributed by atoms with Gasteiger partial charge in [-0.3, -0.25) is 0 Å². The van der Waals surface area contributed by atoms with Crippen molar-refractivity contribution >= 4 is 57.6 Å². The zero-order chi connectivity index (χ0) is 18.6. The maximum Gasteiger partial charge on any atom is 0.229 e. The minimum atomic E-state index is 0.519. The van der Waals surface area contributed by atoms with E-state index in [1.165, 1.54) is 5.69 Å². The number of halogens is 2. The number of ether oxygens (including phenoxy) is 1. The normalized spacial score (nSPS) is 18.2. The summed E-state index contributed by atoms with van der Waals surface area (Å²) in [7, 11) is 0. The van der Waals surface area contributed by atoms with Crippen molar-refractivity contribution in [2.45, 2.75) is 0 Å². The fourth-order valence-corrected chi connectivity index (χ4v) is 3.61. The van der Waals surface area contributed by atoms with E-state index in [4.69, 9.17) is 16.3 Å². The van der Waals surface area contributed by atoms with Gasteiger partial charge in [0.15, 0.2) is 5.82 Å². The number of rotatable bonds is 6. The van der Waals surface area contributed by atoms with Crippen LogP contribution in [-0.2, 0) is 4.74 Å². The average molecular weight is 501 g/mol. The van der Waals surface area contributed by atoms with Gasteiger partial charge in [-0.25, -0.2) is 8.10 Å². The summed E-state index contributed by atoms with van der Waals surface area (Å²) in [5.41, 5.74) is 2.19. The SMILES string of the molecule is Clc1cnc(Nc2ccc(N3CCN(I)CC3)cc2)nc1NCC1COC1. The van der Waals surface area contributed by atoms with Crippen LogP contribution < -0.4 is 15.5 Å². The van der Waals surface area contributed by atoms with Gasteiger partial charge in [-0.1, -0.05) is 11.6 Å². The molecule has 1 aromatic carbocycles. The van der Waals surface area contributed by atoms with Gasteiger partial charge in [0, 0.05) is 72.9 Å². The maximum absolute atomic E-state index is 6.20. The number of benzene rings is 1. The van der Waals surface area contributed by atoms with E-state index in [-0.39, 0.29) is 0 Å². The molecule has 0 radical (unpaired) electrons. The van der Waals surface area contributed by atoms with Gasteiger partial charge in [0.05, 0.1) is 19.4 Å². The summed E-state index contributed by atoms with van der Waals surface area (Å²) in [4.78, 5) is 11.2. The molecule has 2 saturated heterocycles. The van der Waals surface area contributed by atoms with Crippen molar-refractivity contribution in [1.82, 2.24) is 13.1 Å². The number of piperazine rings is 1. The van der Waals surface area contributed by atoms with Gasteiger partial charge in [-0.2, -0.15) is 4.98 Å². The molecule has 0 atom stereocenters. The predicted octanol–water partition coefficient (Wildman–Crippen LogP) is 3.40. The van der Waals surface area contributed by atoms with Crippen molar-refractivity contribution in [3.05, 3.63) is 35.5 Å². The van der Waals surface area contributed by atoms with Crippen LogP contribution in [0.2, 0.25) is 5.02 Å². The molecule has 27 heavy (non-hydrogen) atoms. The van der Waals surface area contributed by atoms with Gasteiger partial charge in [0.2, 0.25) is 5.95 Å². The van der Waals surface area contributed by atoms with E-state index in [2.05, 4.69) is 75.7 Å². The van der Waals surface area contributed by atoms with Crippen molar-refractivity contribution in [3.63, 3.8) is 0 Å². The van der Waals surface area contributed by atoms with Crippen LogP contribution >= 0.6 is 34.5 Å². The predicted molar refractivity (Wildman–Crippen MR) is 117 cm³/mol. The molecular weight excluding hydrogens is 479 g/mol. The lowest BCUT2D eigenvalue weighted by Gasteiger charge is -2.33. The Morgan fingerprint density at radius 3 is 2.56 bits per heavy atom. The Hall–Kier alpha value is -1.36. The maximum atomic E-state index is 6.20. The minimum absolute atomic E-state index is 0.519. The van der Waals surface area contributed by atoms with Crippen LogP contribution in [0.1, 0.15) is 0 Å². The summed E-state index contributed by atoms with van der Waals surface area (Å²) in [6.45, 7) is 6.66. The summed E-state index contributed by atoms with van der Waals surface area (Å²) >= 11 is 8.59. The molecule has 0 amide bonds. The summed E-state index contributed by atoms with van der Waals surface area (Å²) < 4.78 is 7.52. The molecular formula is C18H22ClIN6O. The Bertz CT molecular complexity index is 765. The van der Waals surface area contributed by atoms with Gasteiger partial charge in [-0.05, 0) is 24.3 Å². The largest absolute Gasteiger partial charge is 0.381 e. The second-order valence-corrected chi connectivity index (χ2v) is 8.52. The fourth-order valence-electron chi connectivity index (χ4n) is 3.02. The number of hydrogen-bond acceptors (Lipinski definition) is 7. The van der Waals surface area contributed by atoms with Gasteiger partial charge < -0.3 is 20.3 Å². The van der Waals surface area contributed by atoms with E-state index < -0.39 is 0 Å².